The summed E-state index contributed by atoms with van der Waals surface area (Å²) in [4.78, 5) is 14.0. The number of nitrogens with zero attached hydrogens (tertiary/aromatic N) is 1. The lowest BCUT2D eigenvalue weighted by atomic mass is 9.96. The molecule has 1 aliphatic heterocycles. The van der Waals surface area contributed by atoms with Gasteiger partial charge >= 0.3 is 0 Å². The molecule has 0 fully saturated rings. The molecule has 0 saturated carbocycles. The highest BCUT2D eigenvalue weighted by Crippen LogP contribution is 2.34. The maximum atomic E-state index is 12.2. The van der Waals surface area contributed by atoms with Crippen molar-refractivity contribution in [1.82, 2.24) is 0 Å². The van der Waals surface area contributed by atoms with Gasteiger partial charge < -0.3 is 10.0 Å². The zero-order chi connectivity index (χ0) is 13.1. The monoisotopic (exact) mass is 247 g/mol. The summed E-state index contributed by atoms with van der Waals surface area (Å²) in [6, 6.07) is 5.94. The first-order valence-corrected chi connectivity index (χ1v) is 6.72. The maximum Gasteiger partial charge on any atom is 0.226 e. The second-order valence-corrected chi connectivity index (χ2v) is 5.02. The summed E-state index contributed by atoms with van der Waals surface area (Å²) < 4.78 is 0. The Hall–Kier alpha value is -1.35. The Morgan fingerprint density at radius 1 is 1.50 bits per heavy atom. The number of hydrogen-bond acceptors (Lipinski definition) is 2. The standard InChI is InChI=1S/C15H21NO2/c1-3-4-5-15(18)16-9-8-14(17)12-10-11(2)6-7-13(12)16/h6-7,10,14,17H,3-5,8-9H2,1-2H3. The Morgan fingerprint density at radius 3 is 3.00 bits per heavy atom. The fraction of sp³-hybridized carbons (Fsp3) is 0.533. The molecule has 0 aliphatic carbocycles. The minimum absolute atomic E-state index is 0.175. The summed E-state index contributed by atoms with van der Waals surface area (Å²) in [7, 11) is 0. The molecule has 2 rings (SSSR count). The fourth-order valence-corrected chi connectivity index (χ4v) is 2.44. The van der Waals surface area contributed by atoms with E-state index in [4.69, 9.17) is 0 Å². The lowest BCUT2D eigenvalue weighted by Crippen LogP contribution is -2.36. The molecule has 0 aromatic heterocycles. The van der Waals surface area contributed by atoms with Gasteiger partial charge in [0, 0.05) is 24.2 Å². The maximum absolute atomic E-state index is 12.2. The molecule has 1 amide bonds. The third-order valence-corrected chi connectivity index (χ3v) is 3.50. The van der Waals surface area contributed by atoms with Gasteiger partial charge in [0.05, 0.1) is 6.10 Å². The first-order chi connectivity index (χ1) is 8.63. The number of aliphatic hydroxyl groups is 1. The number of amides is 1. The molecule has 1 unspecified atom stereocenters. The molecule has 0 spiro atoms. The van der Waals surface area contributed by atoms with Crippen LogP contribution < -0.4 is 4.90 Å². The molecule has 1 aromatic carbocycles. The number of benzene rings is 1. The average molecular weight is 247 g/mol. The third-order valence-electron chi connectivity index (χ3n) is 3.50. The fourth-order valence-electron chi connectivity index (χ4n) is 2.44. The molecule has 98 valence electrons. The van der Waals surface area contributed by atoms with Crippen molar-refractivity contribution in [3.05, 3.63) is 29.3 Å². The van der Waals surface area contributed by atoms with E-state index >= 15 is 0 Å². The van der Waals surface area contributed by atoms with E-state index in [1.165, 1.54) is 0 Å². The van der Waals surface area contributed by atoms with Crippen molar-refractivity contribution in [1.29, 1.82) is 0 Å². The van der Waals surface area contributed by atoms with Crippen LogP contribution in [0.2, 0.25) is 0 Å². The Bertz CT molecular complexity index is 442. The van der Waals surface area contributed by atoms with Crippen LogP contribution in [0.1, 0.15) is 49.8 Å². The van der Waals surface area contributed by atoms with Crippen LogP contribution >= 0.6 is 0 Å². The number of aliphatic hydroxyl groups excluding tert-OH is 1. The number of unbranched alkanes of at least 4 members (excludes halogenated alkanes) is 1. The molecule has 1 aliphatic rings. The van der Waals surface area contributed by atoms with Crippen LogP contribution in [0, 0.1) is 6.92 Å². The summed E-state index contributed by atoms with van der Waals surface area (Å²) in [6.07, 6.45) is 2.76. The molecule has 1 aromatic rings. The van der Waals surface area contributed by atoms with E-state index in [9.17, 15) is 9.90 Å². The first-order valence-electron chi connectivity index (χ1n) is 6.72. The van der Waals surface area contributed by atoms with Gasteiger partial charge in [-0.2, -0.15) is 0 Å². The minimum Gasteiger partial charge on any atom is -0.388 e. The van der Waals surface area contributed by atoms with Gasteiger partial charge in [-0.25, -0.2) is 0 Å². The zero-order valence-electron chi connectivity index (χ0n) is 11.1. The van der Waals surface area contributed by atoms with Gasteiger partial charge in [-0.1, -0.05) is 31.0 Å². The largest absolute Gasteiger partial charge is 0.388 e. The normalized spacial score (nSPS) is 18.6. The van der Waals surface area contributed by atoms with Crippen LogP contribution in [0.25, 0.3) is 0 Å². The van der Waals surface area contributed by atoms with E-state index in [-0.39, 0.29) is 5.91 Å². The van der Waals surface area contributed by atoms with Crippen molar-refractivity contribution < 1.29 is 9.90 Å². The molecule has 3 heteroatoms. The second-order valence-electron chi connectivity index (χ2n) is 5.02. The van der Waals surface area contributed by atoms with Gasteiger partial charge in [0.15, 0.2) is 0 Å². The van der Waals surface area contributed by atoms with Gasteiger partial charge in [0.25, 0.3) is 0 Å². The van der Waals surface area contributed by atoms with E-state index in [1.54, 1.807) is 0 Å². The predicted octanol–water partition coefficient (Wildman–Crippen LogP) is 2.96. The van der Waals surface area contributed by atoms with Crippen molar-refractivity contribution in [2.75, 3.05) is 11.4 Å². The number of hydrogen-bond donors (Lipinski definition) is 1. The molecule has 3 nitrogen and oxygen atoms in total. The van der Waals surface area contributed by atoms with Crippen LogP contribution in [0.4, 0.5) is 5.69 Å². The summed E-state index contributed by atoms with van der Waals surface area (Å²) in [5.41, 5.74) is 2.90. The zero-order valence-corrected chi connectivity index (χ0v) is 11.1. The Balaban J connectivity index is 2.26. The van der Waals surface area contributed by atoms with Crippen LogP contribution in [-0.2, 0) is 4.79 Å². The van der Waals surface area contributed by atoms with E-state index < -0.39 is 6.10 Å². The molecule has 1 heterocycles. The predicted molar refractivity (Wildman–Crippen MR) is 72.6 cm³/mol. The lowest BCUT2D eigenvalue weighted by molar-refractivity contribution is -0.118. The van der Waals surface area contributed by atoms with Crippen molar-refractivity contribution in [2.45, 2.75) is 45.6 Å². The number of rotatable bonds is 3. The van der Waals surface area contributed by atoms with E-state index in [0.717, 1.165) is 29.7 Å². The van der Waals surface area contributed by atoms with Crippen molar-refractivity contribution in [2.24, 2.45) is 0 Å². The molecule has 0 bridgehead atoms. The topological polar surface area (TPSA) is 40.5 Å². The average Bonchev–Trinajstić information content (AvgIpc) is 2.37. The van der Waals surface area contributed by atoms with Crippen molar-refractivity contribution in [3.63, 3.8) is 0 Å². The molecule has 0 saturated heterocycles. The molecule has 0 radical (unpaired) electrons. The summed E-state index contributed by atoms with van der Waals surface area (Å²) in [6.45, 7) is 4.72. The van der Waals surface area contributed by atoms with Crippen LogP contribution in [0.15, 0.2) is 18.2 Å². The lowest BCUT2D eigenvalue weighted by Gasteiger charge is -2.32. The Kier molecular flexibility index (Phi) is 4.02. The van der Waals surface area contributed by atoms with E-state index in [0.29, 0.717) is 19.4 Å². The highest BCUT2D eigenvalue weighted by Gasteiger charge is 2.26. The molecular formula is C15H21NO2. The van der Waals surface area contributed by atoms with Gasteiger partial charge in [-0.15, -0.1) is 0 Å². The quantitative estimate of drug-likeness (QED) is 0.892. The summed E-state index contributed by atoms with van der Waals surface area (Å²) in [5.74, 6) is 0.175. The molecule has 18 heavy (non-hydrogen) atoms. The minimum atomic E-state index is -0.435. The van der Waals surface area contributed by atoms with Gasteiger partial charge in [-0.05, 0) is 25.8 Å². The number of carbonyl (C=O) groups is 1. The van der Waals surface area contributed by atoms with Gasteiger partial charge in [0.1, 0.15) is 0 Å². The SMILES string of the molecule is CCCCC(=O)N1CCC(O)c2cc(C)ccc21. The third kappa shape index (κ3) is 2.56. The van der Waals surface area contributed by atoms with Crippen molar-refractivity contribution >= 4 is 11.6 Å². The highest BCUT2D eigenvalue weighted by atomic mass is 16.3. The van der Waals surface area contributed by atoms with Crippen LogP contribution in [-0.4, -0.2) is 17.6 Å². The smallest absolute Gasteiger partial charge is 0.226 e. The van der Waals surface area contributed by atoms with E-state index in [2.05, 4.69) is 6.92 Å². The number of anilines is 1. The Morgan fingerprint density at radius 2 is 2.28 bits per heavy atom. The van der Waals surface area contributed by atoms with Gasteiger partial charge in [-0.3, -0.25) is 4.79 Å². The molecular weight excluding hydrogens is 226 g/mol. The Labute approximate surface area is 108 Å². The second kappa shape index (κ2) is 5.53. The van der Waals surface area contributed by atoms with E-state index in [1.807, 2.05) is 30.0 Å². The van der Waals surface area contributed by atoms with Crippen molar-refractivity contribution in [3.8, 4) is 0 Å². The van der Waals surface area contributed by atoms with Gasteiger partial charge in [0.2, 0.25) is 5.91 Å². The first kappa shape index (κ1) is 13.1. The number of aryl methyl sites for hydroxylation is 1. The highest BCUT2D eigenvalue weighted by molar-refractivity contribution is 5.94. The molecule has 1 N–H and O–H groups in total. The van der Waals surface area contributed by atoms with Crippen LogP contribution in [0.3, 0.4) is 0 Å². The number of carbonyl (C=O) groups excluding carboxylic acids is 1. The number of fused-ring (bicyclic) bond motifs is 1. The molecule has 1 atom stereocenters. The summed E-state index contributed by atoms with van der Waals surface area (Å²) in [5, 5.41) is 10.0. The summed E-state index contributed by atoms with van der Waals surface area (Å²) >= 11 is 0. The van der Waals surface area contributed by atoms with Crippen LogP contribution in [0.5, 0.6) is 0 Å².